The Kier molecular flexibility index (Phi) is 3.81. The molecule has 0 amide bonds. The van der Waals surface area contributed by atoms with Crippen molar-refractivity contribution in [3.05, 3.63) is 58.3 Å². The van der Waals surface area contributed by atoms with Crippen LogP contribution in [0.1, 0.15) is 18.4 Å². The Bertz CT molecular complexity index is 1010. The molecule has 5 rings (SSSR count). The quantitative estimate of drug-likeness (QED) is 0.663. The summed E-state index contributed by atoms with van der Waals surface area (Å²) in [5.41, 5.74) is 2.44. The molecule has 3 heterocycles. The second-order valence-electron chi connectivity index (χ2n) is 7.14. The second-order valence-corrected chi connectivity index (χ2v) is 7.14. The van der Waals surface area contributed by atoms with Crippen LogP contribution in [0, 0.1) is 0 Å². The molecule has 0 saturated carbocycles. The van der Waals surface area contributed by atoms with E-state index in [9.17, 15) is 4.79 Å². The minimum atomic E-state index is -0.347. The predicted octanol–water partition coefficient (Wildman–Crippen LogP) is 3.29. The highest BCUT2D eigenvalue weighted by molar-refractivity contribution is 5.89. The molecule has 0 atom stereocenters. The number of para-hydroxylation sites is 1. The fourth-order valence-electron chi connectivity index (χ4n) is 4.04. The molecular formula is C21H21NO4. The first-order valence-electron chi connectivity index (χ1n) is 9.17. The number of benzene rings is 2. The summed E-state index contributed by atoms with van der Waals surface area (Å²) in [6, 6.07) is 13.3. The van der Waals surface area contributed by atoms with Gasteiger partial charge in [-0.05, 0) is 29.8 Å². The van der Waals surface area contributed by atoms with E-state index in [0.29, 0.717) is 35.2 Å². The van der Waals surface area contributed by atoms with Crippen molar-refractivity contribution in [2.45, 2.75) is 25.2 Å². The lowest BCUT2D eigenvalue weighted by atomic mass is 10.0. The van der Waals surface area contributed by atoms with Gasteiger partial charge in [-0.2, -0.15) is 0 Å². The highest BCUT2D eigenvalue weighted by Gasteiger charge is 2.39. The molecule has 0 aliphatic carbocycles. The van der Waals surface area contributed by atoms with E-state index in [1.54, 1.807) is 0 Å². The van der Waals surface area contributed by atoms with Gasteiger partial charge in [0.15, 0.2) is 5.79 Å². The lowest BCUT2D eigenvalue weighted by Crippen LogP contribution is -2.44. The summed E-state index contributed by atoms with van der Waals surface area (Å²) >= 11 is 0. The standard InChI is InChI=1S/C21H21NO4/c23-20-16-3-1-2-4-18(16)26-19-6-5-15(13-17(19)20)14-22-9-7-21(8-10-22)24-11-12-25-21/h1-6,13H,7-12,14H2. The zero-order chi connectivity index (χ0) is 17.6. The minimum Gasteiger partial charge on any atom is -0.456 e. The van der Waals surface area contributed by atoms with Gasteiger partial charge in [0, 0.05) is 32.5 Å². The van der Waals surface area contributed by atoms with Gasteiger partial charge in [-0.15, -0.1) is 0 Å². The lowest BCUT2D eigenvalue weighted by molar-refractivity contribution is -0.185. The van der Waals surface area contributed by atoms with Crippen LogP contribution >= 0.6 is 0 Å². The Morgan fingerprint density at radius 2 is 1.65 bits per heavy atom. The van der Waals surface area contributed by atoms with Gasteiger partial charge in [-0.3, -0.25) is 9.69 Å². The number of ether oxygens (including phenoxy) is 2. The molecule has 0 unspecified atom stereocenters. The molecule has 2 fully saturated rings. The van der Waals surface area contributed by atoms with Crippen molar-refractivity contribution in [2.75, 3.05) is 26.3 Å². The summed E-state index contributed by atoms with van der Waals surface area (Å²) in [4.78, 5) is 15.2. The maximum absolute atomic E-state index is 12.8. The molecule has 3 aromatic rings. The highest BCUT2D eigenvalue weighted by Crippen LogP contribution is 2.32. The molecule has 5 heteroatoms. The summed E-state index contributed by atoms with van der Waals surface area (Å²) in [5, 5.41) is 1.28. The predicted molar refractivity (Wildman–Crippen MR) is 99.1 cm³/mol. The normalized spacial score (nSPS) is 20.3. The zero-order valence-electron chi connectivity index (χ0n) is 14.6. The molecule has 1 aromatic heterocycles. The van der Waals surface area contributed by atoms with Gasteiger partial charge < -0.3 is 13.9 Å². The largest absolute Gasteiger partial charge is 0.456 e. The van der Waals surface area contributed by atoms with Crippen LogP contribution < -0.4 is 5.43 Å². The fourth-order valence-corrected chi connectivity index (χ4v) is 4.04. The number of nitrogens with zero attached hydrogens (tertiary/aromatic N) is 1. The molecule has 1 spiro atoms. The van der Waals surface area contributed by atoms with E-state index in [1.165, 1.54) is 0 Å². The van der Waals surface area contributed by atoms with E-state index in [2.05, 4.69) is 4.90 Å². The van der Waals surface area contributed by atoms with Crippen molar-refractivity contribution in [2.24, 2.45) is 0 Å². The van der Waals surface area contributed by atoms with Crippen LogP contribution in [-0.4, -0.2) is 37.0 Å². The van der Waals surface area contributed by atoms with E-state index in [0.717, 1.165) is 38.0 Å². The van der Waals surface area contributed by atoms with E-state index in [4.69, 9.17) is 13.9 Å². The smallest absolute Gasteiger partial charge is 0.200 e. The minimum absolute atomic E-state index is 0.0362. The molecule has 26 heavy (non-hydrogen) atoms. The van der Waals surface area contributed by atoms with Gasteiger partial charge in [0.25, 0.3) is 0 Å². The van der Waals surface area contributed by atoms with Crippen LogP contribution in [0.4, 0.5) is 0 Å². The fraction of sp³-hybridized carbons (Fsp3) is 0.381. The Hall–Kier alpha value is -2.21. The van der Waals surface area contributed by atoms with Crippen molar-refractivity contribution in [3.8, 4) is 0 Å². The third kappa shape index (κ3) is 2.72. The second kappa shape index (κ2) is 6.20. The SMILES string of the molecule is O=c1c2ccccc2oc2ccc(CN3CCC4(CC3)OCCO4)cc12. The Morgan fingerprint density at radius 1 is 0.923 bits per heavy atom. The number of hydrogen-bond acceptors (Lipinski definition) is 5. The molecule has 0 N–H and O–H groups in total. The first kappa shape index (κ1) is 16.0. The summed E-state index contributed by atoms with van der Waals surface area (Å²) in [6.45, 7) is 4.09. The third-order valence-corrected chi connectivity index (χ3v) is 5.48. The first-order valence-corrected chi connectivity index (χ1v) is 9.17. The van der Waals surface area contributed by atoms with Crippen LogP contribution in [0.2, 0.25) is 0 Å². The monoisotopic (exact) mass is 351 g/mol. The van der Waals surface area contributed by atoms with E-state index < -0.39 is 0 Å². The number of hydrogen-bond donors (Lipinski definition) is 0. The molecular weight excluding hydrogens is 330 g/mol. The topological polar surface area (TPSA) is 51.9 Å². The third-order valence-electron chi connectivity index (χ3n) is 5.48. The van der Waals surface area contributed by atoms with Crippen LogP contribution in [0.15, 0.2) is 51.7 Å². The average Bonchev–Trinajstić information content (AvgIpc) is 3.13. The van der Waals surface area contributed by atoms with E-state index in [1.807, 2.05) is 42.5 Å². The molecule has 2 saturated heterocycles. The molecule has 0 radical (unpaired) electrons. The summed E-state index contributed by atoms with van der Waals surface area (Å²) in [6.07, 6.45) is 1.79. The molecule has 5 nitrogen and oxygen atoms in total. The van der Waals surface area contributed by atoms with E-state index >= 15 is 0 Å². The summed E-state index contributed by atoms with van der Waals surface area (Å²) < 4.78 is 17.5. The number of fused-ring (bicyclic) bond motifs is 2. The van der Waals surface area contributed by atoms with Crippen molar-refractivity contribution >= 4 is 21.9 Å². The maximum atomic E-state index is 12.8. The molecule has 134 valence electrons. The van der Waals surface area contributed by atoms with Crippen molar-refractivity contribution in [3.63, 3.8) is 0 Å². The average molecular weight is 351 g/mol. The number of piperidine rings is 1. The Morgan fingerprint density at radius 3 is 2.46 bits per heavy atom. The number of rotatable bonds is 2. The molecule has 2 aliphatic rings. The van der Waals surface area contributed by atoms with Gasteiger partial charge in [0.2, 0.25) is 5.43 Å². The van der Waals surface area contributed by atoms with E-state index in [-0.39, 0.29) is 11.2 Å². The Labute approximate surface area is 151 Å². The van der Waals surface area contributed by atoms with Crippen molar-refractivity contribution in [1.29, 1.82) is 0 Å². The highest BCUT2D eigenvalue weighted by atomic mass is 16.7. The molecule has 2 aliphatic heterocycles. The molecule has 0 bridgehead atoms. The van der Waals surface area contributed by atoms with Crippen LogP contribution in [0.3, 0.4) is 0 Å². The van der Waals surface area contributed by atoms with Gasteiger partial charge >= 0.3 is 0 Å². The van der Waals surface area contributed by atoms with Gasteiger partial charge in [0.1, 0.15) is 11.2 Å². The zero-order valence-corrected chi connectivity index (χ0v) is 14.6. The van der Waals surface area contributed by atoms with Crippen molar-refractivity contribution in [1.82, 2.24) is 4.90 Å². The number of likely N-dealkylation sites (tertiary alicyclic amines) is 1. The molecule has 2 aromatic carbocycles. The Balaban J connectivity index is 1.40. The lowest BCUT2D eigenvalue weighted by Gasteiger charge is -2.37. The van der Waals surface area contributed by atoms with Crippen molar-refractivity contribution < 1.29 is 13.9 Å². The van der Waals surface area contributed by atoms with Gasteiger partial charge in [-0.1, -0.05) is 18.2 Å². The van der Waals surface area contributed by atoms with Gasteiger partial charge in [0.05, 0.1) is 24.0 Å². The van der Waals surface area contributed by atoms with Crippen LogP contribution in [-0.2, 0) is 16.0 Å². The van der Waals surface area contributed by atoms with Crippen LogP contribution in [0.5, 0.6) is 0 Å². The first-order chi connectivity index (χ1) is 12.7. The van der Waals surface area contributed by atoms with Gasteiger partial charge in [-0.25, -0.2) is 0 Å². The van der Waals surface area contributed by atoms with Crippen LogP contribution in [0.25, 0.3) is 21.9 Å². The summed E-state index contributed by atoms with van der Waals surface area (Å²) in [7, 11) is 0. The summed E-state index contributed by atoms with van der Waals surface area (Å²) in [5.74, 6) is -0.347. The maximum Gasteiger partial charge on any atom is 0.200 e.